The number of aliphatic hydroxyl groups is 1. The first-order valence-corrected chi connectivity index (χ1v) is 8.52. The first kappa shape index (κ1) is 17.0. The summed E-state index contributed by atoms with van der Waals surface area (Å²) in [6, 6.07) is 10.8. The van der Waals surface area contributed by atoms with Crippen molar-refractivity contribution in [2.24, 2.45) is 0 Å². The van der Waals surface area contributed by atoms with Crippen molar-refractivity contribution in [3.63, 3.8) is 0 Å². The molecule has 136 valence electrons. The van der Waals surface area contributed by atoms with Crippen LogP contribution < -0.4 is 0 Å². The quantitative estimate of drug-likeness (QED) is 0.883. The van der Waals surface area contributed by atoms with Gasteiger partial charge < -0.3 is 14.6 Å². The molecular formula is C20H19F2NO3. The van der Waals surface area contributed by atoms with Gasteiger partial charge in [-0.25, -0.2) is 8.78 Å². The minimum atomic E-state index is -1.35. The molecule has 0 saturated carbocycles. The average Bonchev–Trinajstić information content (AvgIpc) is 3.24. The van der Waals surface area contributed by atoms with E-state index in [9.17, 15) is 13.9 Å². The van der Waals surface area contributed by atoms with Crippen molar-refractivity contribution in [1.29, 1.82) is 0 Å². The predicted octanol–water partition coefficient (Wildman–Crippen LogP) is 3.75. The Morgan fingerprint density at radius 2 is 1.81 bits per heavy atom. The smallest absolute Gasteiger partial charge is 0.239 e. The number of hydrogen-bond acceptors (Lipinski definition) is 4. The zero-order chi connectivity index (χ0) is 18.1. The fourth-order valence-corrected chi connectivity index (χ4v) is 3.60. The third kappa shape index (κ3) is 3.06. The van der Waals surface area contributed by atoms with E-state index in [1.54, 1.807) is 29.2 Å². The molecule has 6 heteroatoms. The Kier molecular flexibility index (Phi) is 4.38. The second kappa shape index (κ2) is 6.70. The largest absolute Gasteiger partial charge is 0.459 e. The molecule has 0 bridgehead atoms. The van der Waals surface area contributed by atoms with Gasteiger partial charge in [0.2, 0.25) is 6.29 Å². The van der Waals surface area contributed by atoms with Crippen LogP contribution in [0.2, 0.25) is 0 Å². The topological polar surface area (TPSA) is 41.9 Å². The second-order valence-electron chi connectivity index (χ2n) is 6.58. The summed E-state index contributed by atoms with van der Waals surface area (Å²) in [7, 11) is 0. The van der Waals surface area contributed by atoms with Crippen LogP contribution in [0.5, 0.6) is 0 Å². The fourth-order valence-electron chi connectivity index (χ4n) is 3.60. The van der Waals surface area contributed by atoms with Gasteiger partial charge in [-0.05, 0) is 23.8 Å². The molecule has 4 nitrogen and oxygen atoms in total. The Hall–Kier alpha value is -2.44. The second-order valence-corrected chi connectivity index (χ2v) is 6.58. The van der Waals surface area contributed by atoms with Crippen molar-refractivity contribution in [2.45, 2.75) is 37.9 Å². The van der Waals surface area contributed by atoms with E-state index in [-0.39, 0.29) is 18.2 Å². The van der Waals surface area contributed by atoms with Crippen LogP contribution >= 0.6 is 0 Å². The molecule has 2 aliphatic heterocycles. The number of nitrogens with zero attached hydrogens (tertiary/aromatic N) is 1. The first-order valence-electron chi connectivity index (χ1n) is 8.52. The Balaban J connectivity index is 1.60. The molecule has 0 radical (unpaired) electrons. The molecule has 0 saturated heterocycles. The molecular weight excluding hydrogens is 340 g/mol. The van der Waals surface area contributed by atoms with Gasteiger partial charge in [0.1, 0.15) is 29.9 Å². The lowest BCUT2D eigenvalue weighted by atomic mass is 9.96. The maximum Gasteiger partial charge on any atom is 0.239 e. The molecule has 1 atom stereocenters. The van der Waals surface area contributed by atoms with Crippen LogP contribution in [-0.4, -0.2) is 16.3 Å². The first-order chi connectivity index (χ1) is 12.6. The van der Waals surface area contributed by atoms with E-state index in [1.807, 2.05) is 0 Å². The number of fused-ring (bicyclic) bond motifs is 1. The van der Waals surface area contributed by atoms with E-state index in [0.717, 1.165) is 5.56 Å². The summed E-state index contributed by atoms with van der Waals surface area (Å²) in [5, 5.41) is 11.5. The van der Waals surface area contributed by atoms with Gasteiger partial charge in [0.05, 0.1) is 0 Å². The van der Waals surface area contributed by atoms with Crippen molar-refractivity contribution < 1.29 is 23.4 Å². The number of rotatable bonds is 5. The van der Waals surface area contributed by atoms with Gasteiger partial charge in [0, 0.05) is 37.1 Å². The van der Waals surface area contributed by atoms with E-state index in [2.05, 4.69) is 0 Å². The molecule has 0 fully saturated rings. The number of ether oxygens (including phenoxy) is 2. The highest BCUT2D eigenvalue weighted by Gasteiger charge is 2.45. The molecule has 4 rings (SSSR count). The van der Waals surface area contributed by atoms with Crippen LogP contribution in [-0.2, 0) is 28.3 Å². The van der Waals surface area contributed by atoms with E-state index < -0.39 is 12.0 Å². The van der Waals surface area contributed by atoms with Crippen molar-refractivity contribution >= 4 is 0 Å². The Morgan fingerprint density at radius 3 is 2.54 bits per heavy atom. The standard InChI is InChI=1S/C20H19F2NO3/c21-15-6-4-14(5-7-15)12-23-13-16-17(2-1-3-18(16)22)20(23,24)9-8-19-25-10-11-26-19/h1-7,10-11,19,24H,8-9,12-13H2. The zero-order valence-electron chi connectivity index (χ0n) is 14.1. The molecule has 2 aromatic carbocycles. The van der Waals surface area contributed by atoms with Gasteiger partial charge in [-0.3, -0.25) is 4.90 Å². The number of benzene rings is 2. The molecule has 2 aromatic rings. The van der Waals surface area contributed by atoms with Crippen molar-refractivity contribution in [3.05, 3.63) is 83.3 Å². The number of halogens is 2. The molecule has 0 amide bonds. The Morgan fingerprint density at radius 1 is 1.08 bits per heavy atom. The van der Waals surface area contributed by atoms with Gasteiger partial charge >= 0.3 is 0 Å². The zero-order valence-corrected chi connectivity index (χ0v) is 14.1. The van der Waals surface area contributed by atoms with Gasteiger partial charge in [-0.1, -0.05) is 24.3 Å². The van der Waals surface area contributed by atoms with Crippen LogP contribution in [0.1, 0.15) is 29.5 Å². The maximum absolute atomic E-state index is 14.3. The summed E-state index contributed by atoms with van der Waals surface area (Å²) in [4.78, 5) is 1.80. The Bertz CT molecular complexity index is 816. The SMILES string of the molecule is OC1(CCC2OC=CO2)c2cccc(F)c2CN1Cc1ccc(F)cc1. The lowest BCUT2D eigenvalue weighted by molar-refractivity contribution is -0.134. The lowest BCUT2D eigenvalue weighted by Crippen LogP contribution is -2.41. The van der Waals surface area contributed by atoms with E-state index >= 15 is 0 Å². The van der Waals surface area contributed by atoms with Crippen molar-refractivity contribution in [2.75, 3.05) is 0 Å². The van der Waals surface area contributed by atoms with E-state index in [0.29, 0.717) is 30.5 Å². The Labute approximate surface area is 150 Å². The fraction of sp³-hybridized carbons (Fsp3) is 0.300. The summed E-state index contributed by atoms with van der Waals surface area (Å²) in [6.45, 7) is 0.649. The summed E-state index contributed by atoms with van der Waals surface area (Å²) < 4.78 is 38.0. The highest BCUT2D eigenvalue weighted by Crippen LogP contribution is 2.43. The van der Waals surface area contributed by atoms with E-state index in [1.165, 1.54) is 30.7 Å². The summed E-state index contributed by atoms with van der Waals surface area (Å²) >= 11 is 0. The van der Waals surface area contributed by atoms with Gasteiger partial charge in [0.15, 0.2) is 0 Å². The predicted molar refractivity (Wildman–Crippen MR) is 90.3 cm³/mol. The summed E-state index contributed by atoms with van der Waals surface area (Å²) in [5.74, 6) is -0.652. The van der Waals surface area contributed by atoms with Gasteiger partial charge in [-0.15, -0.1) is 0 Å². The minimum Gasteiger partial charge on any atom is -0.459 e. The summed E-state index contributed by atoms with van der Waals surface area (Å²) in [5.41, 5.74) is 0.545. The molecule has 2 heterocycles. The third-order valence-corrected chi connectivity index (χ3v) is 4.95. The lowest BCUT2D eigenvalue weighted by Gasteiger charge is -2.35. The molecule has 1 unspecified atom stereocenters. The highest BCUT2D eigenvalue weighted by molar-refractivity contribution is 5.37. The molecule has 26 heavy (non-hydrogen) atoms. The van der Waals surface area contributed by atoms with Gasteiger partial charge in [0.25, 0.3) is 0 Å². The molecule has 0 spiro atoms. The molecule has 0 aliphatic carbocycles. The van der Waals surface area contributed by atoms with Crippen LogP contribution in [0.4, 0.5) is 8.78 Å². The third-order valence-electron chi connectivity index (χ3n) is 4.95. The van der Waals surface area contributed by atoms with Crippen molar-refractivity contribution in [3.8, 4) is 0 Å². The van der Waals surface area contributed by atoms with Crippen LogP contribution in [0.25, 0.3) is 0 Å². The van der Waals surface area contributed by atoms with Crippen LogP contribution in [0.15, 0.2) is 55.0 Å². The van der Waals surface area contributed by atoms with Crippen molar-refractivity contribution in [1.82, 2.24) is 4.90 Å². The molecule has 0 aromatic heterocycles. The summed E-state index contributed by atoms with van der Waals surface area (Å²) in [6.07, 6.45) is 3.24. The van der Waals surface area contributed by atoms with E-state index in [4.69, 9.17) is 9.47 Å². The minimum absolute atomic E-state index is 0.278. The van der Waals surface area contributed by atoms with Crippen LogP contribution in [0.3, 0.4) is 0 Å². The highest BCUT2D eigenvalue weighted by atomic mass is 19.1. The number of hydrogen-bond donors (Lipinski definition) is 1. The molecule has 2 aliphatic rings. The maximum atomic E-state index is 14.3. The monoisotopic (exact) mass is 359 g/mol. The normalized spacial score (nSPS) is 22.3. The molecule has 1 N–H and O–H groups in total. The van der Waals surface area contributed by atoms with Crippen LogP contribution in [0, 0.1) is 11.6 Å². The van der Waals surface area contributed by atoms with Gasteiger partial charge in [-0.2, -0.15) is 0 Å². The average molecular weight is 359 g/mol.